The summed E-state index contributed by atoms with van der Waals surface area (Å²) in [7, 11) is 0. The van der Waals surface area contributed by atoms with Crippen molar-refractivity contribution in [3.05, 3.63) is 41.2 Å². The maximum atomic E-state index is 13.0. The van der Waals surface area contributed by atoms with Gasteiger partial charge < -0.3 is 10.1 Å². The molecular weight excluding hydrogens is 361 g/mol. The summed E-state index contributed by atoms with van der Waals surface area (Å²) in [6.45, 7) is 4.72. The minimum atomic E-state index is -4.46. The van der Waals surface area contributed by atoms with Crippen LogP contribution < -0.4 is 5.32 Å². The molecule has 146 valence electrons. The Balaban J connectivity index is 1.88. The van der Waals surface area contributed by atoms with E-state index in [1.165, 1.54) is 16.8 Å². The molecule has 0 aliphatic carbocycles. The van der Waals surface area contributed by atoms with E-state index in [0.717, 1.165) is 25.0 Å². The van der Waals surface area contributed by atoms with Gasteiger partial charge in [-0.2, -0.15) is 13.2 Å². The van der Waals surface area contributed by atoms with E-state index >= 15 is 0 Å². The SMILES string of the molecule is CC(C)c1c(C(=O)NC[C@H]2CCCO2)nnn1-c1cccc(C(F)(F)F)c1. The van der Waals surface area contributed by atoms with Gasteiger partial charge in [0, 0.05) is 13.2 Å². The lowest BCUT2D eigenvalue weighted by Crippen LogP contribution is -2.32. The average molecular weight is 382 g/mol. The second-order valence-electron chi connectivity index (χ2n) is 6.78. The van der Waals surface area contributed by atoms with E-state index in [0.29, 0.717) is 18.8 Å². The number of rotatable bonds is 5. The quantitative estimate of drug-likeness (QED) is 0.861. The van der Waals surface area contributed by atoms with Gasteiger partial charge in [0.05, 0.1) is 23.0 Å². The molecule has 27 heavy (non-hydrogen) atoms. The Morgan fingerprint density at radius 3 is 2.81 bits per heavy atom. The van der Waals surface area contributed by atoms with Crippen LogP contribution in [0, 0.1) is 0 Å². The predicted octanol–water partition coefficient (Wildman–Crippen LogP) is 3.32. The van der Waals surface area contributed by atoms with Crippen LogP contribution in [-0.2, 0) is 10.9 Å². The number of nitrogens with one attached hydrogen (secondary N) is 1. The summed E-state index contributed by atoms with van der Waals surface area (Å²) in [6.07, 6.45) is -2.64. The van der Waals surface area contributed by atoms with Crippen LogP contribution in [0.4, 0.5) is 13.2 Å². The zero-order valence-electron chi connectivity index (χ0n) is 15.1. The molecule has 1 saturated heterocycles. The van der Waals surface area contributed by atoms with Crippen LogP contribution in [0.15, 0.2) is 24.3 Å². The molecule has 1 aliphatic rings. The maximum Gasteiger partial charge on any atom is 0.416 e. The molecule has 3 rings (SSSR count). The number of hydrogen-bond acceptors (Lipinski definition) is 4. The van der Waals surface area contributed by atoms with E-state index in [-0.39, 0.29) is 23.4 Å². The summed E-state index contributed by atoms with van der Waals surface area (Å²) in [5.74, 6) is -0.578. The van der Waals surface area contributed by atoms with Crippen LogP contribution in [0.3, 0.4) is 0 Å². The van der Waals surface area contributed by atoms with Gasteiger partial charge in [-0.3, -0.25) is 4.79 Å². The summed E-state index contributed by atoms with van der Waals surface area (Å²) in [5, 5.41) is 10.6. The Morgan fingerprint density at radius 1 is 1.41 bits per heavy atom. The zero-order valence-corrected chi connectivity index (χ0v) is 15.1. The van der Waals surface area contributed by atoms with Crippen molar-refractivity contribution in [3.8, 4) is 5.69 Å². The first-order valence-electron chi connectivity index (χ1n) is 8.80. The molecule has 1 aromatic carbocycles. The highest BCUT2D eigenvalue weighted by Gasteiger charge is 2.31. The minimum absolute atomic E-state index is 0.0186. The fourth-order valence-electron chi connectivity index (χ4n) is 3.07. The standard InChI is InChI=1S/C18H21F3N4O2/c1-11(2)16-15(17(26)22-10-14-7-4-8-27-14)23-24-25(16)13-6-3-5-12(9-13)18(19,20)21/h3,5-6,9,11,14H,4,7-8,10H2,1-2H3,(H,22,26)/t14-/m1/s1. The number of aromatic nitrogens is 3. The number of ether oxygens (including phenoxy) is 1. The number of benzene rings is 1. The Morgan fingerprint density at radius 2 is 2.19 bits per heavy atom. The number of carbonyl (C=O) groups excluding carboxylic acids is 1. The van der Waals surface area contributed by atoms with Crippen molar-refractivity contribution < 1.29 is 22.7 Å². The first kappa shape index (κ1) is 19.3. The van der Waals surface area contributed by atoms with Crippen molar-refractivity contribution in [2.45, 2.75) is 44.9 Å². The van der Waals surface area contributed by atoms with Gasteiger partial charge in [-0.1, -0.05) is 25.1 Å². The Hall–Kier alpha value is -2.42. The smallest absolute Gasteiger partial charge is 0.376 e. The fraction of sp³-hybridized carbons (Fsp3) is 0.500. The van der Waals surface area contributed by atoms with E-state index in [1.54, 1.807) is 0 Å². The number of halogens is 3. The third kappa shape index (κ3) is 4.29. The van der Waals surface area contributed by atoms with Crippen LogP contribution in [0.2, 0.25) is 0 Å². The van der Waals surface area contributed by atoms with Crippen molar-refractivity contribution in [2.24, 2.45) is 0 Å². The van der Waals surface area contributed by atoms with Crippen molar-refractivity contribution in [1.29, 1.82) is 0 Å². The predicted molar refractivity (Wildman–Crippen MR) is 91.8 cm³/mol. The molecule has 1 amide bonds. The number of alkyl halides is 3. The Kier molecular flexibility index (Phi) is 5.50. The van der Waals surface area contributed by atoms with E-state index in [9.17, 15) is 18.0 Å². The summed E-state index contributed by atoms with van der Waals surface area (Å²) < 4.78 is 45.8. The van der Waals surface area contributed by atoms with E-state index < -0.39 is 17.6 Å². The van der Waals surface area contributed by atoms with Crippen LogP contribution in [0.5, 0.6) is 0 Å². The number of hydrogen-bond donors (Lipinski definition) is 1. The second-order valence-corrected chi connectivity index (χ2v) is 6.78. The number of nitrogens with zero attached hydrogens (tertiary/aromatic N) is 3. The van der Waals surface area contributed by atoms with Gasteiger partial charge in [0.2, 0.25) is 0 Å². The summed E-state index contributed by atoms with van der Waals surface area (Å²) in [6, 6.07) is 4.80. The van der Waals surface area contributed by atoms with Gasteiger partial charge in [-0.05, 0) is 37.0 Å². The highest BCUT2D eigenvalue weighted by Crippen LogP contribution is 2.31. The number of amides is 1. The lowest BCUT2D eigenvalue weighted by atomic mass is 10.1. The van der Waals surface area contributed by atoms with Crippen LogP contribution in [0.25, 0.3) is 5.69 Å². The summed E-state index contributed by atoms with van der Waals surface area (Å²) >= 11 is 0. The van der Waals surface area contributed by atoms with Crippen molar-refractivity contribution in [3.63, 3.8) is 0 Å². The fourth-order valence-corrected chi connectivity index (χ4v) is 3.07. The van der Waals surface area contributed by atoms with Crippen molar-refractivity contribution in [2.75, 3.05) is 13.2 Å². The zero-order chi connectivity index (χ0) is 19.6. The van der Waals surface area contributed by atoms with Crippen molar-refractivity contribution in [1.82, 2.24) is 20.3 Å². The monoisotopic (exact) mass is 382 g/mol. The van der Waals surface area contributed by atoms with E-state index in [2.05, 4.69) is 15.6 Å². The molecule has 1 N–H and O–H groups in total. The topological polar surface area (TPSA) is 69.0 Å². The third-order valence-corrected chi connectivity index (χ3v) is 4.40. The summed E-state index contributed by atoms with van der Waals surface area (Å²) in [5.41, 5.74) is -0.00614. The van der Waals surface area contributed by atoms with Crippen LogP contribution in [-0.4, -0.2) is 40.2 Å². The minimum Gasteiger partial charge on any atom is -0.376 e. The molecule has 0 spiro atoms. The molecule has 0 unspecified atom stereocenters. The molecule has 1 aliphatic heterocycles. The molecule has 2 heterocycles. The average Bonchev–Trinajstić information content (AvgIpc) is 3.28. The highest BCUT2D eigenvalue weighted by molar-refractivity contribution is 5.93. The molecule has 1 aromatic heterocycles. The number of carbonyl (C=O) groups is 1. The van der Waals surface area contributed by atoms with Crippen LogP contribution >= 0.6 is 0 Å². The van der Waals surface area contributed by atoms with Crippen LogP contribution in [0.1, 0.15) is 54.4 Å². The van der Waals surface area contributed by atoms with Gasteiger partial charge in [-0.25, -0.2) is 4.68 Å². The van der Waals surface area contributed by atoms with Gasteiger partial charge in [0.1, 0.15) is 0 Å². The summed E-state index contributed by atoms with van der Waals surface area (Å²) in [4.78, 5) is 12.5. The maximum absolute atomic E-state index is 13.0. The second kappa shape index (κ2) is 7.67. The molecule has 2 aromatic rings. The lowest BCUT2D eigenvalue weighted by molar-refractivity contribution is -0.137. The normalized spacial score (nSPS) is 17.5. The molecule has 0 radical (unpaired) electrons. The first-order valence-corrected chi connectivity index (χ1v) is 8.80. The highest BCUT2D eigenvalue weighted by atomic mass is 19.4. The molecule has 6 nitrogen and oxygen atoms in total. The Bertz CT molecular complexity index is 811. The van der Waals surface area contributed by atoms with Crippen molar-refractivity contribution >= 4 is 5.91 Å². The molecule has 1 fully saturated rings. The van der Waals surface area contributed by atoms with Gasteiger partial charge in [-0.15, -0.1) is 5.10 Å². The lowest BCUT2D eigenvalue weighted by Gasteiger charge is -2.14. The molecule has 0 bridgehead atoms. The third-order valence-electron chi connectivity index (χ3n) is 4.40. The van der Waals surface area contributed by atoms with Gasteiger partial charge in [0.25, 0.3) is 5.91 Å². The first-order chi connectivity index (χ1) is 12.8. The molecular formula is C18H21F3N4O2. The molecule has 0 saturated carbocycles. The molecule has 1 atom stereocenters. The van der Waals surface area contributed by atoms with Gasteiger partial charge in [0.15, 0.2) is 5.69 Å². The largest absolute Gasteiger partial charge is 0.416 e. The van der Waals surface area contributed by atoms with E-state index in [4.69, 9.17) is 4.74 Å². The van der Waals surface area contributed by atoms with E-state index in [1.807, 2.05) is 13.8 Å². The Labute approximate surface area is 154 Å². The van der Waals surface area contributed by atoms with Gasteiger partial charge >= 0.3 is 6.18 Å². The molecule has 9 heteroatoms.